The predicted octanol–water partition coefficient (Wildman–Crippen LogP) is 5.27. The van der Waals surface area contributed by atoms with Gasteiger partial charge in [0.1, 0.15) is 0 Å². The lowest BCUT2D eigenvalue weighted by atomic mass is 9.83. The minimum Gasteiger partial charge on any atom is -0.361 e. The molecule has 1 aromatic heterocycles. The van der Waals surface area contributed by atoms with E-state index in [1.54, 1.807) is 0 Å². The van der Waals surface area contributed by atoms with Crippen LogP contribution < -0.4 is 5.32 Å². The molecule has 3 rings (SSSR count). The molecule has 0 saturated heterocycles. The van der Waals surface area contributed by atoms with Gasteiger partial charge < -0.3 is 10.3 Å². The predicted molar refractivity (Wildman–Crippen MR) is 90.8 cm³/mol. The molecule has 1 aliphatic carbocycles. The normalized spacial score (nSPS) is 22.8. The number of H-pyrrole nitrogens is 1. The van der Waals surface area contributed by atoms with Crippen LogP contribution in [0.5, 0.6) is 0 Å². The quantitative estimate of drug-likeness (QED) is 0.773. The number of nitrogens with one attached hydrogen (secondary N) is 2. The Labute approximate surface area is 132 Å². The molecule has 2 N–H and O–H groups in total. The topological polar surface area (TPSA) is 27.8 Å². The van der Waals surface area contributed by atoms with Crippen molar-refractivity contribution in [2.75, 3.05) is 0 Å². The van der Waals surface area contributed by atoms with Crippen LogP contribution in [0.2, 0.25) is 5.02 Å². The maximum atomic E-state index is 6.03. The number of benzene rings is 1. The first kappa shape index (κ1) is 14.9. The molecule has 0 unspecified atom stereocenters. The summed E-state index contributed by atoms with van der Waals surface area (Å²) in [5.74, 6) is 0.975. The Morgan fingerprint density at radius 2 is 2.05 bits per heavy atom. The Bertz CT molecular complexity index is 582. The van der Waals surface area contributed by atoms with Gasteiger partial charge in [0, 0.05) is 34.7 Å². The maximum absolute atomic E-state index is 6.03. The third-order valence-corrected chi connectivity index (χ3v) is 5.09. The molecule has 0 aliphatic heterocycles. The Hall–Kier alpha value is -0.990. The lowest BCUT2D eigenvalue weighted by Crippen LogP contribution is -2.32. The molecular weight excluding hydrogens is 280 g/mol. The summed E-state index contributed by atoms with van der Waals surface area (Å²) in [4.78, 5) is 3.32. The highest BCUT2D eigenvalue weighted by molar-refractivity contribution is 6.31. The third kappa shape index (κ3) is 3.61. The van der Waals surface area contributed by atoms with E-state index in [-0.39, 0.29) is 0 Å². The lowest BCUT2D eigenvalue weighted by molar-refractivity contribution is 0.278. The molecule has 1 aliphatic rings. The van der Waals surface area contributed by atoms with Crippen molar-refractivity contribution in [2.24, 2.45) is 5.92 Å². The summed E-state index contributed by atoms with van der Waals surface area (Å²) in [7, 11) is 0. The lowest BCUT2D eigenvalue weighted by Gasteiger charge is -2.29. The Morgan fingerprint density at radius 1 is 1.24 bits per heavy atom. The molecule has 0 bridgehead atoms. The number of fused-ring (bicyclic) bond motifs is 1. The third-order valence-electron chi connectivity index (χ3n) is 4.85. The highest BCUT2D eigenvalue weighted by Crippen LogP contribution is 2.28. The molecule has 1 saturated carbocycles. The molecule has 1 aromatic carbocycles. The molecule has 114 valence electrons. The van der Waals surface area contributed by atoms with Gasteiger partial charge in [0.2, 0.25) is 0 Å². The molecule has 2 nitrogen and oxygen atoms in total. The molecular formula is C18H25ClN2. The zero-order valence-corrected chi connectivity index (χ0v) is 13.5. The Morgan fingerprint density at radius 3 is 2.81 bits per heavy atom. The average molecular weight is 305 g/mol. The van der Waals surface area contributed by atoms with E-state index in [4.69, 9.17) is 11.6 Å². The zero-order chi connectivity index (χ0) is 14.7. The molecule has 0 spiro atoms. The van der Waals surface area contributed by atoms with Gasteiger partial charge in [-0.2, -0.15) is 0 Å². The summed E-state index contributed by atoms with van der Waals surface area (Å²) < 4.78 is 0. The fourth-order valence-electron chi connectivity index (χ4n) is 3.62. The fourth-order valence-corrected chi connectivity index (χ4v) is 3.79. The number of aromatic amines is 1. The first-order chi connectivity index (χ1) is 10.3. The van der Waals surface area contributed by atoms with Crippen molar-refractivity contribution in [3.8, 4) is 0 Å². The van der Waals surface area contributed by atoms with Gasteiger partial charge in [0.05, 0.1) is 0 Å². The molecule has 0 atom stereocenters. The summed E-state index contributed by atoms with van der Waals surface area (Å²) in [6, 6.07) is 6.77. The molecule has 1 heterocycles. The summed E-state index contributed by atoms with van der Waals surface area (Å²) >= 11 is 6.03. The number of hydrogen-bond acceptors (Lipinski definition) is 1. The molecule has 0 radical (unpaired) electrons. The van der Waals surface area contributed by atoms with Crippen molar-refractivity contribution >= 4 is 22.5 Å². The van der Waals surface area contributed by atoms with Crippen molar-refractivity contribution in [1.82, 2.24) is 10.3 Å². The number of halogens is 1. The summed E-state index contributed by atoms with van der Waals surface area (Å²) in [5, 5.41) is 5.81. The van der Waals surface area contributed by atoms with Gasteiger partial charge in [-0.1, -0.05) is 37.4 Å². The highest BCUT2D eigenvalue weighted by atomic mass is 35.5. The molecule has 2 aromatic rings. The van der Waals surface area contributed by atoms with Crippen molar-refractivity contribution in [1.29, 1.82) is 0 Å². The summed E-state index contributed by atoms with van der Waals surface area (Å²) in [5.41, 5.74) is 2.48. The van der Waals surface area contributed by atoms with Crippen molar-refractivity contribution in [3.05, 3.63) is 35.0 Å². The molecule has 3 heteroatoms. The number of hydrogen-bond donors (Lipinski definition) is 2. The van der Waals surface area contributed by atoms with Crippen LogP contribution in [0.15, 0.2) is 24.4 Å². The minimum absolute atomic E-state index is 0.690. The molecule has 1 fully saturated rings. The van der Waals surface area contributed by atoms with Gasteiger partial charge in [0.15, 0.2) is 0 Å². The zero-order valence-electron chi connectivity index (χ0n) is 12.8. The van der Waals surface area contributed by atoms with Crippen LogP contribution >= 0.6 is 11.6 Å². The van der Waals surface area contributed by atoms with E-state index in [0.717, 1.165) is 23.0 Å². The minimum atomic E-state index is 0.690. The molecule has 21 heavy (non-hydrogen) atoms. The first-order valence-corrected chi connectivity index (χ1v) is 8.63. The van der Waals surface area contributed by atoms with E-state index in [1.807, 2.05) is 12.1 Å². The van der Waals surface area contributed by atoms with E-state index in [2.05, 4.69) is 29.5 Å². The van der Waals surface area contributed by atoms with Gasteiger partial charge in [0.25, 0.3) is 0 Å². The van der Waals surface area contributed by atoms with E-state index in [0.29, 0.717) is 6.04 Å². The van der Waals surface area contributed by atoms with Gasteiger partial charge in [-0.25, -0.2) is 0 Å². The standard InChI is InChI=1S/C18H25ClN2/c1-2-3-13-4-7-16(8-5-13)20-11-14-12-21-18-10-15(19)6-9-17(14)18/h6,9-10,12-13,16,20-21H,2-5,7-8,11H2,1H3. The first-order valence-electron chi connectivity index (χ1n) is 8.25. The highest BCUT2D eigenvalue weighted by Gasteiger charge is 2.20. The van der Waals surface area contributed by atoms with Crippen LogP contribution in [-0.2, 0) is 6.54 Å². The van der Waals surface area contributed by atoms with Crippen molar-refractivity contribution in [3.63, 3.8) is 0 Å². The van der Waals surface area contributed by atoms with Crippen LogP contribution in [0.1, 0.15) is 51.0 Å². The van der Waals surface area contributed by atoms with E-state index < -0.39 is 0 Å². The smallest absolute Gasteiger partial charge is 0.0472 e. The van der Waals surface area contributed by atoms with Crippen LogP contribution in [0.3, 0.4) is 0 Å². The summed E-state index contributed by atoms with van der Waals surface area (Å²) in [6.07, 6.45) is 10.3. The largest absolute Gasteiger partial charge is 0.361 e. The monoisotopic (exact) mass is 304 g/mol. The van der Waals surface area contributed by atoms with Gasteiger partial charge in [-0.15, -0.1) is 0 Å². The van der Waals surface area contributed by atoms with Crippen molar-refractivity contribution < 1.29 is 0 Å². The second kappa shape index (κ2) is 6.85. The number of rotatable bonds is 5. The van der Waals surface area contributed by atoms with Gasteiger partial charge in [-0.05, 0) is 49.3 Å². The van der Waals surface area contributed by atoms with Gasteiger partial charge in [-0.3, -0.25) is 0 Å². The average Bonchev–Trinajstić information content (AvgIpc) is 2.89. The van der Waals surface area contributed by atoms with Crippen LogP contribution in [-0.4, -0.2) is 11.0 Å². The summed E-state index contributed by atoms with van der Waals surface area (Å²) in [6.45, 7) is 3.25. The van der Waals surface area contributed by atoms with E-state index in [1.165, 1.54) is 49.5 Å². The SMILES string of the molecule is CCCC1CCC(NCc2c[nH]c3cc(Cl)ccc23)CC1. The van der Waals surface area contributed by atoms with Crippen LogP contribution in [0.25, 0.3) is 10.9 Å². The van der Waals surface area contributed by atoms with Crippen LogP contribution in [0, 0.1) is 5.92 Å². The Kier molecular flexibility index (Phi) is 4.87. The molecule has 0 amide bonds. The fraction of sp³-hybridized carbons (Fsp3) is 0.556. The van der Waals surface area contributed by atoms with Gasteiger partial charge >= 0.3 is 0 Å². The maximum Gasteiger partial charge on any atom is 0.0472 e. The second-order valence-electron chi connectivity index (χ2n) is 6.39. The Balaban J connectivity index is 1.55. The van der Waals surface area contributed by atoms with Crippen molar-refractivity contribution in [2.45, 2.75) is 58.0 Å². The van der Waals surface area contributed by atoms with E-state index in [9.17, 15) is 0 Å². The number of aromatic nitrogens is 1. The second-order valence-corrected chi connectivity index (χ2v) is 6.83. The van der Waals surface area contributed by atoms with E-state index >= 15 is 0 Å². The van der Waals surface area contributed by atoms with Crippen LogP contribution in [0.4, 0.5) is 0 Å².